The van der Waals surface area contributed by atoms with Crippen LogP contribution < -0.4 is 5.32 Å². The maximum atomic E-state index is 11.7. The van der Waals surface area contributed by atoms with Gasteiger partial charge in [0.2, 0.25) is 5.91 Å². The fourth-order valence-corrected chi connectivity index (χ4v) is 1.62. The van der Waals surface area contributed by atoms with Crippen LogP contribution in [0.2, 0.25) is 0 Å². The maximum Gasteiger partial charge on any atom is 0.231 e. The first kappa shape index (κ1) is 12.0. The van der Waals surface area contributed by atoms with Crippen molar-refractivity contribution in [2.75, 3.05) is 5.32 Å². The molecule has 0 aliphatic rings. The lowest BCUT2D eigenvalue weighted by molar-refractivity contribution is -0.115. The molecule has 2 heterocycles. The molecule has 2 aromatic rings. The second-order valence-electron chi connectivity index (χ2n) is 3.41. The Hall–Kier alpha value is -1.50. The highest BCUT2D eigenvalue weighted by molar-refractivity contribution is 14.1. The zero-order valence-corrected chi connectivity index (χ0v) is 11.1. The third kappa shape index (κ3) is 3.77. The van der Waals surface area contributed by atoms with Crippen LogP contribution in [0.5, 0.6) is 0 Å². The molecule has 0 radical (unpaired) electrons. The van der Waals surface area contributed by atoms with Crippen molar-refractivity contribution in [1.82, 2.24) is 9.97 Å². The summed E-state index contributed by atoms with van der Waals surface area (Å²) in [4.78, 5) is 19.9. The van der Waals surface area contributed by atoms with Crippen LogP contribution in [0.15, 0.2) is 42.7 Å². The van der Waals surface area contributed by atoms with Gasteiger partial charge in [-0.05, 0) is 46.9 Å². The van der Waals surface area contributed by atoms with Gasteiger partial charge in [0, 0.05) is 21.7 Å². The Kier molecular flexibility index (Phi) is 4.03. The molecule has 0 saturated heterocycles. The normalized spacial score (nSPS) is 9.94. The van der Waals surface area contributed by atoms with E-state index in [2.05, 4.69) is 37.9 Å². The molecular weight excluding hydrogens is 329 g/mol. The van der Waals surface area contributed by atoms with Crippen LogP contribution in [0.25, 0.3) is 0 Å². The number of anilines is 1. The summed E-state index contributed by atoms with van der Waals surface area (Å²) in [6.45, 7) is 0. The molecule has 5 heteroatoms. The number of rotatable bonds is 3. The van der Waals surface area contributed by atoms with E-state index in [4.69, 9.17) is 0 Å². The predicted octanol–water partition coefficient (Wildman–Crippen LogP) is 2.26. The van der Waals surface area contributed by atoms with Gasteiger partial charge >= 0.3 is 0 Å². The number of nitrogens with zero attached hydrogens (tertiary/aromatic N) is 2. The number of pyridine rings is 2. The first-order valence-corrected chi connectivity index (χ1v) is 6.13. The molecule has 0 aromatic carbocycles. The van der Waals surface area contributed by atoms with Crippen molar-refractivity contribution in [3.63, 3.8) is 0 Å². The first-order valence-electron chi connectivity index (χ1n) is 5.05. The second-order valence-corrected chi connectivity index (χ2v) is 4.65. The first-order chi connectivity index (χ1) is 8.24. The average Bonchev–Trinajstić information content (AvgIpc) is 2.33. The molecule has 2 rings (SSSR count). The summed E-state index contributed by atoms with van der Waals surface area (Å²) in [7, 11) is 0. The van der Waals surface area contributed by atoms with Crippen molar-refractivity contribution in [1.29, 1.82) is 0 Å². The van der Waals surface area contributed by atoms with Gasteiger partial charge in [-0.2, -0.15) is 0 Å². The van der Waals surface area contributed by atoms with Gasteiger partial charge in [0.1, 0.15) is 5.82 Å². The highest BCUT2D eigenvalue weighted by Gasteiger charge is 2.05. The molecule has 2 aromatic heterocycles. The maximum absolute atomic E-state index is 11.7. The number of aromatic nitrogens is 2. The van der Waals surface area contributed by atoms with E-state index in [0.29, 0.717) is 5.82 Å². The van der Waals surface area contributed by atoms with Crippen molar-refractivity contribution in [3.05, 3.63) is 52.0 Å². The summed E-state index contributed by atoms with van der Waals surface area (Å²) < 4.78 is 1.03. The summed E-state index contributed by atoms with van der Waals surface area (Å²) in [6.07, 6.45) is 3.64. The van der Waals surface area contributed by atoms with Crippen LogP contribution in [0, 0.1) is 3.57 Å². The number of nitrogens with one attached hydrogen (secondary N) is 1. The van der Waals surface area contributed by atoms with E-state index >= 15 is 0 Å². The Labute approximate surface area is 113 Å². The van der Waals surface area contributed by atoms with E-state index in [9.17, 15) is 4.79 Å². The number of carbonyl (C=O) groups excluding carboxylic acids is 1. The standard InChI is InChI=1S/C12H10IN3O/c13-9-4-5-11(15-8-9)16-12(17)7-10-3-1-2-6-14-10/h1-6,8H,7H2,(H,15,16,17). The molecule has 0 aliphatic heterocycles. The van der Waals surface area contributed by atoms with E-state index in [0.717, 1.165) is 9.26 Å². The Morgan fingerprint density at radius 3 is 2.76 bits per heavy atom. The molecule has 0 bridgehead atoms. The van der Waals surface area contributed by atoms with Crippen molar-refractivity contribution in [3.8, 4) is 0 Å². The monoisotopic (exact) mass is 339 g/mol. The largest absolute Gasteiger partial charge is 0.310 e. The number of halogens is 1. The molecular formula is C12H10IN3O. The van der Waals surface area contributed by atoms with Crippen molar-refractivity contribution in [2.45, 2.75) is 6.42 Å². The van der Waals surface area contributed by atoms with E-state index < -0.39 is 0 Å². The third-order valence-electron chi connectivity index (χ3n) is 2.06. The van der Waals surface area contributed by atoms with Crippen LogP contribution in [0.3, 0.4) is 0 Å². The number of amides is 1. The van der Waals surface area contributed by atoms with E-state index in [1.165, 1.54) is 0 Å². The number of hydrogen-bond acceptors (Lipinski definition) is 3. The lowest BCUT2D eigenvalue weighted by Crippen LogP contribution is -2.15. The van der Waals surface area contributed by atoms with Crippen molar-refractivity contribution >= 4 is 34.3 Å². The molecule has 4 nitrogen and oxygen atoms in total. The van der Waals surface area contributed by atoms with Crippen LogP contribution >= 0.6 is 22.6 Å². The summed E-state index contributed by atoms with van der Waals surface area (Å²) >= 11 is 2.16. The van der Waals surface area contributed by atoms with E-state index in [-0.39, 0.29) is 12.3 Å². The van der Waals surface area contributed by atoms with Crippen LogP contribution in [-0.2, 0) is 11.2 Å². The zero-order valence-electron chi connectivity index (χ0n) is 8.93. The van der Waals surface area contributed by atoms with Crippen LogP contribution in [0.1, 0.15) is 5.69 Å². The fourth-order valence-electron chi connectivity index (χ4n) is 1.30. The third-order valence-corrected chi connectivity index (χ3v) is 2.70. The Bertz CT molecular complexity index is 499. The SMILES string of the molecule is O=C(Cc1ccccn1)Nc1ccc(I)cn1. The van der Waals surface area contributed by atoms with Crippen LogP contribution in [-0.4, -0.2) is 15.9 Å². The minimum absolute atomic E-state index is 0.114. The Morgan fingerprint density at radius 2 is 2.12 bits per heavy atom. The smallest absolute Gasteiger partial charge is 0.231 e. The highest BCUT2D eigenvalue weighted by atomic mass is 127. The lowest BCUT2D eigenvalue weighted by atomic mass is 10.2. The molecule has 0 saturated carbocycles. The summed E-state index contributed by atoms with van der Waals surface area (Å²) in [6, 6.07) is 9.17. The van der Waals surface area contributed by atoms with Gasteiger partial charge < -0.3 is 5.32 Å². The van der Waals surface area contributed by atoms with Crippen LogP contribution in [0.4, 0.5) is 5.82 Å². The summed E-state index contributed by atoms with van der Waals surface area (Å²) in [5.41, 5.74) is 0.746. The molecule has 86 valence electrons. The highest BCUT2D eigenvalue weighted by Crippen LogP contribution is 2.07. The zero-order chi connectivity index (χ0) is 12.1. The Morgan fingerprint density at radius 1 is 1.24 bits per heavy atom. The van der Waals surface area contributed by atoms with Crippen molar-refractivity contribution in [2.24, 2.45) is 0 Å². The quantitative estimate of drug-likeness (QED) is 0.873. The van der Waals surface area contributed by atoms with Gasteiger partial charge in [-0.1, -0.05) is 6.07 Å². The molecule has 0 spiro atoms. The lowest BCUT2D eigenvalue weighted by Gasteiger charge is -2.03. The van der Waals surface area contributed by atoms with Gasteiger partial charge in [-0.15, -0.1) is 0 Å². The number of hydrogen-bond donors (Lipinski definition) is 1. The van der Waals surface area contributed by atoms with E-state index in [1.807, 2.05) is 24.3 Å². The number of carbonyl (C=O) groups is 1. The topological polar surface area (TPSA) is 54.9 Å². The average molecular weight is 339 g/mol. The van der Waals surface area contributed by atoms with Gasteiger partial charge in [0.25, 0.3) is 0 Å². The fraction of sp³-hybridized carbons (Fsp3) is 0.0833. The summed E-state index contributed by atoms with van der Waals surface area (Å²) in [5, 5.41) is 2.72. The molecule has 0 fully saturated rings. The van der Waals surface area contributed by atoms with Gasteiger partial charge in [-0.3, -0.25) is 9.78 Å². The minimum atomic E-state index is -0.114. The second kappa shape index (κ2) is 5.72. The molecule has 0 unspecified atom stereocenters. The van der Waals surface area contributed by atoms with Crippen molar-refractivity contribution < 1.29 is 4.79 Å². The summed E-state index contributed by atoms with van der Waals surface area (Å²) in [5.74, 6) is 0.448. The Balaban J connectivity index is 1.96. The van der Waals surface area contributed by atoms with Gasteiger partial charge in [0.05, 0.1) is 6.42 Å². The van der Waals surface area contributed by atoms with Gasteiger partial charge in [0.15, 0.2) is 0 Å². The van der Waals surface area contributed by atoms with E-state index in [1.54, 1.807) is 18.5 Å². The molecule has 0 aliphatic carbocycles. The molecule has 17 heavy (non-hydrogen) atoms. The van der Waals surface area contributed by atoms with Gasteiger partial charge in [-0.25, -0.2) is 4.98 Å². The molecule has 1 N–H and O–H groups in total. The molecule has 1 amide bonds. The predicted molar refractivity (Wildman–Crippen MR) is 73.5 cm³/mol. The minimum Gasteiger partial charge on any atom is -0.310 e. The molecule has 0 atom stereocenters.